The average Bonchev–Trinajstić information content (AvgIpc) is 2.74. The summed E-state index contributed by atoms with van der Waals surface area (Å²) in [5, 5.41) is 3.49. The molecule has 1 aliphatic heterocycles. The van der Waals surface area contributed by atoms with E-state index in [1.54, 1.807) is 0 Å². The fraction of sp³-hybridized carbons (Fsp3) is 0.333. The van der Waals surface area contributed by atoms with Gasteiger partial charge in [0.05, 0.1) is 0 Å². The standard InChI is InChI=1S/C18H20BrNO/c1-18(2)10-15-9-14(5-8-17(15)21-18)12-20-11-13-3-6-16(19)7-4-13/h3-9,20H,10-12H2,1-2H3. The Morgan fingerprint density at radius 1 is 1.05 bits per heavy atom. The van der Waals surface area contributed by atoms with Crippen molar-refractivity contribution < 1.29 is 4.74 Å². The number of fused-ring (bicyclic) bond motifs is 1. The Labute approximate surface area is 134 Å². The number of rotatable bonds is 4. The molecule has 2 aromatic carbocycles. The summed E-state index contributed by atoms with van der Waals surface area (Å²) in [6.45, 7) is 6.03. The molecule has 0 spiro atoms. The molecule has 0 fully saturated rings. The van der Waals surface area contributed by atoms with Gasteiger partial charge >= 0.3 is 0 Å². The van der Waals surface area contributed by atoms with Crippen LogP contribution in [0, 0.1) is 0 Å². The van der Waals surface area contributed by atoms with Crippen LogP contribution in [0.25, 0.3) is 0 Å². The smallest absolute Gasteiger partial charge is 0.123 e. The van der Waals surface area contributed by atoms with Crippen molar-refractivity contribution in [3.8, 4) is 5.75 Å². The van der Waals surface area contributed by atoms with Crippen LogP contribution in [0.1, 0.15) is 30.5 Å². The Morgan fingerprint density at radius 3 is 2.48 bits per heavy atom. The van der Waals surface area contributed by atoms with Crippen molar-refractivity contribution in [1.82, 2.24) is 5.32 Å². The number of hydrogen-bond acceptors (Lipinski definition) is 2. The van der Waals surface area contributed by atoms with Crippen LogP contribution in [-0.2, 0) is 19.5 Å². The van der Waals surface area contributed by atoms with Crippen LogP contribution in [0.2, 0.25) is 0 Å². The summed E-state index contributed by atoms with van der Waals surface area (Å²) >= 11 is 3.46. The highest BCUT2D eigenvalue weighted by molar-refractivity contribution is 9.10. The predicted octanol–water partition coefficient (Wildman–Crippen LogP) is 4.45. The van der Waals surface area contributed by atoms with E-state index >= 15 is 0 Å². The first-order chi connectivity index (χ1) is 10.0. The first-order valence-electron chi connectivity index (χ1n) is 7.28. The van der Waals surface area contributed by atoms with Crippen molar-refractivity contribution in [2.45, 2.75) is 39.0 Å². The highest BCUT2D eigenvalue weighted by Crippen LogP contribution is 2.35. The third kappa shape index (κ3) is 3.66. The molecule has 0 radical (unpaired) electrons. The number of halogens is 1. The number of ether oxygens (including phenoxy) is 1. The molecule has 0 amide bonds. The van der Waals surface area contributed by atoms with Crippen molar-refractivity contribution in [3.05, 3.63) is 63.6 Å². The largest absolute Gasteiger partial charge is 0.487 e. The Morgan fingerprint density at radius 2 is 1.71 bits per heavy atom. The summed E-state index contributed by atoms with van der Waals surface area (Å²) in [6.07, 6.45) is 0.989. The van der Waals surface area contributed by atoms with Gasteiger partial charge in [-0.05, 0) is 48.7 Å². The summed E-state index contributed by atoms with van der Waals surface area (Å²) in [4.78, 5) is 0. The molecule has 0 saturated carbocycles. The molecule has 0 bridgehead atoms. The third-order valence-electron chi connectivity index (χ3n) is 3.70. The van der Waals surface area contributed by atoms with Crippen LogP contribution < -0.4 is 10.1 Å². The molecule has 0 aromatic heterocycles. The van der Waals surface area contributed by atoms with Gasteiger partial charge < -0.3 is 10.1 Å². The van der Waals surface area contributed by atoms with Gasteiger partial charge in [-0.1, -0.05) is 40.2 Å². The summed E-state index contributed by atoms with van der Waals surface area (Å²) in [5.74, 6) is 1.04. The van der Waals surface area contributed by atoms with Crippen molar-refractivity contribution in [1.29, 1.82) is 0 Å². The van der Waals surface area contributed by atoms with Crippen LogP contribution >= 0.6 is 15.9 Å². The van der Waals surface area contributed by atoms with Crippen LogP contribution in [0.4, 0.5) is 0 Å². The van der Waals surface area contributed by atoms with E-state index in [-0.39, 0.29) is 5.60 Å². The second-order valence-corrected chi connectivity index (χ2v) is 7.13. The summed E-state index contributed by atoms with van der Waals surface area (Å²) < 4.78 is 7.03. The van der Waals surface area contributed by atoms with Crippen molar-refractivity contribution in [3.63, 3.8) is 0 Å². The second-order valence-electron chi connectivity index (χ2n) is 6.21. The van der Waals surface area contributed by atoms with E-state index in [2.05, 4.69) is 77.6 Å². The molecular weight excluding hydrogens is 326 g/mol. The maximum Gasteiger partial charge on any atom is 0.123 e. The first kappa shape index (κ1) is 14.6. The van der Waals surface area contributed by atoms with E-state index in [9.17, 15) is 0 Å². The van der Waals surface area contributed by atoms with Gasteiger partial charge in [-0.15, -0.1) is 0 Å². The summed E-state index contributed by atoms with van der Waals surface area (Å²) in [7, 11) is 0. The summed E-state index contributed by atoms with van der Waals surface area (Å²) in [5.41, 5.74) is 3.87. The molecule has 0 unspecified atom stereocenters. The molecule has 2 aromatic rings. The van der Waals surface area contributed by atoms with E-state index in [0.717, 1.165) is 29.7 Å². The molecular formula is C18H20BrNO. The Hall–Kier alpha value is -1.32. The van der Waals surface area contributed by atoms with Gasteiger partial charge in [0.1, 0.15) is 11.4 Å². The molecule has 0 saturated heterocycles. The SMILES string of the molecule is CC1(C)Cc2cc(CNCc3ccc(Br)cc3)ccc2O1. The Balaban J connectivity index is 1.58. The zero-order valence-electron chi connectivity index (χ0n) is 12.4. The molecule has 3 rings (SSSR count). The van der Waals surface area contributed by atoms with Gasteiger partial charge in [0.15, 0.2) is 0 Å². The topological polar surface area (TPSA) is 21.3 Å². The molecule has 1 aliphatic rings. The monoisotopic (exact) mass is 345 g/mol. The molecule has 0 atom stereocenters. The van der Waals surface area contributed by atoms with E-state index in [1.807, 2.05) is 0 Å². The number of benzene rings is 2. The molecule has 110 valence electrons. The fourth-order valence-electron chi connectivity index (χ4n) is 2.73. The first-order valence-corrected chi connectivity index (χ1v) is 8.07. The Kier molecular flexibility index (Phi) is 4.05. The van der Waals surface area contributed by atoms with Crippen LogP contribution in [0.3, 0.4) is 0 Å². The van der Waals surface area contributed by atoms with Gasteiger partial charge in [-0.3, -0.25) is 0 Å². The molecule has 2 nitrogen and oxygen atoms in total. The van der Waals surface area contributed by atoms with Gasteiger partial charge in [0.2, 0.25) is 0 Å². The second kappa shape index (κ2) is 5.82. The van der Waals surface area contributed by atoms with Crippen molar-refractivity contribution >= 4 is 15.9 Å². The van der Waals surface area contributed by atoms with Crippen LogP contribution in [-0.4, -0.2) is 5.60 Å². The quantitative estimate of drug-likeness (QED) is 0.883. The molecule has 0 aliphatic carbocycles. The molecule has 1 heterocycles. The van der Waals surface area contributed by atoms with Gasteiger partial charge in [-0.2, -0.15) is 0 Å². The minimum Gasteiger partial charge on any atom is -0.487 e. The minimum absolute atomic E-state index is 0.0637. The zero-order valence-corrected chi connectivity index (χ0v) is 14.0. The zero-order chi connectivity index (χ0) is 14.9. The lowest BCUT2D eigenvalue weighted by Gasteiger charge is -2.16. The number of hydrogen-bond donors (Lipinski definition) is 1. The van der Waals surface area contributed by atoms with E-state index < -0.39 is 0 Å². The predicted molar refractivity (Wildman–Crippen MR) is 89.5 cm³/mol. The third-order valence-corrected chi connectivity index (χ3v) is 4.23. The van der Waals surface area contributed by atoms with Crippen LogP contribution in [0.15, 0.2) is 46.9 Å². The number of nitrogens with one attached hydrogen (secondary N) is 1. The van der Waals surface area contributed by atoms with E-state index in [4.69, 9.17) is 4.74 Å². The van der Waals surface area contributed by atoms with Gasteiger partial charge in [-0.25, -0.2) is 0 Å². The lowest BCUT2D eigenvalue weighted by atomic mass is 10.0. The van der Waals surface area contributed by atoms with Gasteiger partial charge in [0.25, 0.3) is 0 Å². The Bertz CT molecular complexity index is 634. The molecule has 21 heavy (non-hydrogen) atoms. The maximum atomic E-state index is 5.91. The summed E-state index contributed by atoms with van der Waals surface area (Å²) in [6, 6.07) is 14.9. The molecule has 1 N–H and O–H groups in total. The van der Waals surface area contributed by atoms with Crippen molar-refractivity contribution in [2.75, 3.05) is 0 Å². The van der Waals surface area contributed by atoms with Crippen LogP contribution in [0.5, 0.6) is 5.75 Å². The lowest BCUT2D eigenvalue weighted by molar-refractivity contribution is 0.138. The lowest BCUT2D eigenvalue weighted by Crippen LogP contribution is -2.24. The highest BCUT2D eigenvalue weighted by Gasteiger charge is 2.29. The fourth-order valence-corrected chi connectivity index (χ4v) is 2.99. The van der Waals surface area contributed by atoms with E-state index in [0.29, 0.717) is 0 Å². The van der Waals surface area contributed by atoms with Gasteiger partial charge in [0, 0.05) is 24.0 Å². The highest BCUT2D eigenvalue weighted by atomic mass is 79.9. The maximum absolute atomic E-state index is 5.91. The van der Waals surface area contributed by atoms with Crippen molar-refractivity contribution in [2.24, 2.45) is 0 Å². The minimum atomic E-state index is -0.0637. The molecule has 3 heteroatoms. The van der Waals surface area contributed by atoms with E-state index in [1.165, 1.54) is 16.7 Å². The average molecular weight is 346 g/mol. The normalized spacial score (nSPS) is 15.6.